The molecular weight excluding hydrogens is 280 g/mol. The number of likely N-dealkylation sites (tertiary alicyclic amines) is 1. The Balaban J connectivity index is 2.07. The molecule has 0 unspecified atom stereocenters. The number of ether oxygens (including phenoxy) is 1. The predicted octanol–water partition coefficient (Wildman–Crippen LogP) is 1.77. The number of methoxy groups -OCH3 is 1. The molecule has 118 valence electrons. The first-order valence-corrected chi connectivity index (χ1v) is 7.37. The summed E-state index contributed by atoms with van der Waals surface area (Å²) in [7, 11) is 3.37. The highest BCUT2D eigenvalue weighted by Gasteiger charge is 2.24. The zero-order valence-corrected chi connectivity index (χ0v) is 13.1. The van der Waals surface area contributed by atoms with Crippen LogP contribution in [0, 0.1) is 0 Å². The highest BCUT2D eigenvalue weighted by Crippen LogP contribution is 2.21. The number of rotatable bonds is 5. The molecule has 0 radical (unpaired) electrons. The Labute approximate surface area is 130 Å². The molecule has 0 saturated carbocycles. The van der Waals surface area contributed by atoms with Gasteiger partial charge in [0.05, 0.1) is 7.11 Å². The Bertz CT molecular complexity index is 583. The van der Waals surface area contributed by atoms with Gasteiger partial charge < -0.3 is 15.0 Å². The lowest BCUT2D eigenvalue weighted by Gasteiger charge is -2.30. The van der Waals surface area contributed by atoms with Crippen molar-refractivity contribution in [2.75, 3.05) is 20.7 Å². The predicted molar refractivity (Wildman–Crippen MR) is 85.0 cm³/mol. The summed E-state index contributed by atoms with van der Waals surface area (Å²) >= 11 is 0. The van der Waals surface area contributed by atoms with Crippen LogP contribution in [0.15, 0.2) is 30.9 Å². The summed E-state index contributed by atoms with van der Waals surface area (Å²) in [5.41, 5.74) is 1.53. The second kappa shape index (κ2) is 7.11. The van der Waals surface area contributed by atoms with Gasteiger partial charge in [0.2, 0.25) is 5.91 Å². The van der Waals surface area contributed by atoms with Crippen molar-refractivity contribution in [1.82, 2.24) is 10.2 Å². The lowest BCUT2D eigenvalue weighted by molar-refractivity contribution is -0.132. The normalized spacial score (nSPS) is 18.0. The van der Waals surface area contributed by atoms with Gasteiger partial charge in [-0.25, -0.2) is 0 Å². The highest BCUT2D eigenvalue weighted by molar-refractivity contribution is 5.95. The average molecular weight is 302 g/mol. The molecule has 1 atom stereocenters. The van der Waals surface area contributed by atoms with Crippen LogP contribution in [0.4, 0.5) is 0 Å². The van der Waals surface area contributed by atoms with Gasteiger partial charge in [0, 0.05) is 31.6 Å². The molecule has 1 fully saturated rings. The van der Waals surface area contributed by atoms with E-state index in [1.807, 2.05) is 6.07 Å². The molecule has 1 N–H and O–H groups in total. The van der Waals surface area contributed by atoms with E-state index in [2.05, 4.69) is 11.9 Å². The number of nitrogens with zero attached hydrogens (tertiary/aromatic N) is 1. The van der Waals surface area contributed by atoms with Crippen LogP contribution >= 0.6 is 0 Å². The molecule has 1 aromatic rings. The maximum atomic E-state index is 12.4. The zero-order chi connectivity index (χ0) is 16.1. The lowest BCUT2D eigenvalue weighted by atomic mass is 10.0. The van der Waals surface area contributed by atoms with E-state index >= 15 is 0 Å². The molecule has 1 aromatic carbocycles. The number of benzene rings is 1. The van der Waals surface area contributed by atoms with Crippen LogP contribution < -0.4 is 10.1 Å². The number of allylic oxidation sites excluding steroid dienone is 1. The van der Waals surface area contributed by atoms with Crippen molar-refractivity contribution in [1.29, 1.82) is 0 Å². The van der Waals surface area contributed by atoms with Crippen molar-refractivity contribution in [3.8, 4) is 5.75 Å². The Morgan fingerprint density at radius 3 is 2.95 bits per heavy atom. The van der Waals surface area contributed by atoms with Gasteiger partial charge in [-0.2, -0.15) is 0 Å². The number of likely N-dealkylation sites (N-methyl/N-ethyl adjacent to an activating group) is 1. The number of carbonyl (C=O) groups excluding carboxylic acids is 2. The molecule has 0 aromatic heterocycles. The summed E-state index contributed by atoms with van der Waals surface area (Å²) in [6, 6.07) is 5.37. The summed E-state index contributed by atoms with van der Waals surface area (Å²) in [4.78, 5) is 25.5. The number of amides is 2. The van der Waals surface area contributed by atoms with Gasteiger partial charge in [-0.05, 0) is 36.6 Å². The maximum absolute atomic E-state index is 12.4. The van der Waals surface area contributed by atoms with Crippen LogP contribution in [0.1, 0.15) is 28.8 Å². The lowest BCUT2D eigenvalue weighted by Crippen LogP contribution is -2.48. The molecule has 22 heavy (non-hydrogen) atoms. The zero-order valence-electron chi connectivity index (χ0n) is 13.1. The Kier molecular flexibility index (Phi) is 5.20. The third-order valence-corrected chi connectivity index (χ3v) is 3.87. The smallest absolute Gasteiger partial charge is 0.251 e. The Morgan fingerprint density at radius 2 is 2.32 bits per heavy atom. The van der Waals surface area contributed by atoms with Crippen molar-refractivity contribution in [3.63, 3.8) is 0 Å². The minimum atomic E-state index is -0.124. The summed E-state index contributed by atoms with van der Waals surface area (Å²) in [6.07, 6.45) is 3.59. The van der Waals surface area contributed by atoms with Crippen LogP contribution in [-0.2, 0) is 11.2 Å². The molecule has 2 amide bonds. The van der Waals surface area contributed by atoms with Crippen LogP contribution in [0.3, 0.4) is 0 Å². The molecular formula is C17H22N2O3. The Morgan fingerprint density at radius 1 is 1.55 bits per heavy atom. The summed E-state index contributed by atoms with van der Waals surface area (Å²) in [6.45, 7) is 4.28. The molecule has 1 aliphatic rings. The third kappa shape index (κ3) is 3.67. The first kappa shape index (κ1) is 16.1. The van der Waals surface area contributed by atoms with Crippen molar-refractivity contribution in [3.05, 3.63) is 42.0 Å². The molecule has 5 nitrogen and oxygen atoms in total. The first-order chi connectivity index (χ1) is 10.5. The SMILES string of the molecule is C=CCc1cc(C(=O)N[C@@H]2CCC(=O)N(C)C2)ccc1OC. The number of piperidine rings is 1. The monoisotopic (exact) mass is 302 g/mol. The average Bonchev–Trinajstić information content (AvgIpc) is 2.51. The molecule has 1 aliphatic heterocycles. The van der Waals surface area contributed by atoms with Crippen LogP contribution in [0.2, 0.25) is 0 Å². The van der Waals surface area contributed by atoms with E-state index in [0.717, 1.165) is 11.3 Å². The molecule has 5 heteroatoms. The topological polar surface area (TPSA) is 58.6 Å². The van der Waals surface area contributed by atoms with Gasteiger partial charge in [-0.1, -0.05) is 6.08 Å². The standard InChI is InChI=1S/C17H22N2O3/c1-4-5-12-10-13(6-8-15(12)22-3)17(21)18-14-7-9-16(20)19(2)11-14/h4,6,8,10,14H,1,5,7,9,11H2,2-3H3,(H,18,21)/t14-/m1/s1. The summed E-state index contributed by atoms with van der Waals surface area (Å²) < 4.78 is 5.28. The van der Waals surface area contributed by atoms with Crippen molar-refractivity contribution in [2.24, 2.45) is 0 Å². The van der Waals surface area contributed by atoms with Gasteiger partial charge in [0.1, 0.15) is 5.75 Å². The molecule has 1 saturated heterocycles. The Hall–Kier alpha value is -2.30. The van der Waals surface area contributed by atoms with Gasteiger partial charge >= 0.3 is 0 Å². The van der Waals surface area contributed by atoms with Gasteiger partial charge in [-0.15, -0.1) is 6.58 Å². The first-order valence-electron chi connectivity index (χ1n) is 7.37. The van der Waals surface area contributed by atoms with E-state index in [0.29, 0.717) is 31.4 Å². The number of carbonyl (C=O) groups is 2. The van der Waals surface area contributed by atoms with Crippen molar-refractivity contribution >= 4 is 11.8 Å². The third-order valence-electron chi connectivity index (χ3n) is 3.87. The fraction of sp³-hybridized carbons (Fsp3) is 0.412. The number of nitrogens with one attached hydrogen (secondary N) is 1. The molecule has 2 rings (SSSR count). The highest BCUT2D eigenvalue weighted by atomic mass is 16.5. The van der Waals surface area contributed by atoms with E-state index in [9.17, 15) is 9.59 Å². The van der Waals surface area contributed by atoms with E-state index < -0.39 is 0 Å². The fourth-order valence-electron chi connectivity index (χ4n) is 2.63. The fourth-order valence-corrected chi connectivity index (χ4v) is 2.63. The van der Waals surface area contributed by atoms with Gasteiger partial charge in [0.25, 0.3) is 5.91 Å². The van der Waals surface area contributed by atoms with Crippen LogP contribution in [0.25, 0.3) is 0 Å². The van der Waals surface area contributed by atoms with Crippen molar-refractivity contribution < 1.29 is 14.3 Å². The summed E-state index contributed by atoms with van der Waals surface area (Å²) in [5.74, 6) is 0.753. The molecule has 1 heterocycles. The van der Waals surface area contributed by atoms with Crippen LogP contribution in [0.5, 0.6) is 5.75 Å². The van der Waals surface area contributed by atoms with Crippen molar-refractivity contribution in [2.45, 2.75) is 25.3 Å². The minimum Gasteiger partial charge on any atom is -0.496 e. The van der Waals surface area contributed by atoms with E-state index in [1.165, 1.54) is 0 Å². The maximum Gasteiger partial charge on any atom is 0.251 e. The minimum absolute atomic E-state index is 0.000144. The quantitative estimate of drug-likeness (QED) is 0.843. The number of hydrogen-bond donors (Lipinski definition) is 1. The van der Waals surface area contributed by atoms with Gasteiger partial charge in [0.15, 0.2) is 0 Å². The molecule has 0 bridgehead atoms. The molecule has 0 spiro atoms. The summed E-state index contributed by atoms with van der Waals surface area (Å²) in [5, 5.41) is 2.99. The van der Waals surface area contributed by atoms with E-state index in [-0.39, 0.29) is 17.9 Å². The van der Waals surface area contributed by atoms with Gasteiger partial charge in [-0.3, -0.25) is 9.59 Å². The van der Waals surface area contributed by atoms with E-state index in [4.69, 9.17) is 4.74 Å². The number of hydrogen-bond acceptors (Lipinski definition) is 3. The van der Waals surface area contributed by atoms with Crippen LogP contribution in [-0.4, -0.2) is 43.5 Å². The largest absolute Gasteiger partial charge is 0.496 e. The second-order valence-corrected chi connectivity index (χ2v) is 5.50. The molecule has 0 aliphatic carbocycles. The second-order valence-electron chi connectivity index (χ2n) is 5.50. The van der Waals surface area contributed by atoms with E-state index in [1.54, 1.807) is 37.3 Å².